The molecule has 1 aliphatic carbocycles. The number of anilines is 1. The Bertz CT molecular complexity index is 441. The molecule has 0 aliphatic heterocycles. The molecule has 3 heteroatoms. The van der Waals surface area contributed by atoms with Crippen LogP contribution in [0.5, 0.6) is 0 Å². The van der Waals surface area contributed by atoms with E-state index in [4.69, 9.17) is 5.73 Å². The van der Waals surface area contributed by atoms with Gasteiger partial charge >= 0.3 is 0 Å². The molecule has 1 aromatic carbocycles. The number of nitrogens with one attached hydrogen (secondary N) is 1. The first-order valence-electron chi connectivity index (χ1n) is 7.71. The maximum Gasteiger partial charge on any atom is 0.220 e. The molecule has 1 aliphatic rings. The first-order chi connectivity index (χ1) is 9.56. The highest BCUT2D eigenvalue weighted by Crippen LogP contribution is 2.25. The maximum absolute atomic E-state index is 12.2. The molecular weight excluding hydrogens is 248 g/mol. The van der Waals surface area contributed by atoms with Crippen LogP contribution >= 0.6 is 0 Å². The molecular formula is C17H26N2O. The van der Waals surface area contributed by atoms with E-state index >= 15 is 0 Å². The third-order valence-corrected chi connectivity index (χ3v) is 4.45. The van der Waals surface area contributed by atoms with E-state index in [2.05, 4.69) is 19.2 Å². The van der Waals surface area contributed by atoms with Crippen molar-refractivity contribution in [2.24, 2.45) is 5.92 Å². The van der Waals surface area contributed by atoms with Crippen LogP contribution < -0.4 is 11.1 Å². The molecule has 110 valence electrons. The lowest BCUT2D eigenvalue weighted by Gasteiger charge is -2.29. The molecule has 20 heavy (non-hydrogen) atoms. The summed E-state index contributed by atoms with van der Waals surface area (Å²) in [5, 5.41) is 3.22. The number of nitrogens with two attached hydrogens (primary N) is 1. The summed E-state index contributed by atoms with van der Waals surface area (Å²) in [6, 6.07) is 8.18. The Hall–Kier alpha value is -1.51. The number of rotatable bonds is 4. The second kappa shape index (κ2) is 6.78. The predicted octanol–water partition coefficient (Wildman–Crippen LogP) is 3.46. The van der Waals surface area contributed by atoms with E-state index in [0.717, 1.165) is 12.1 Å². The highest BCUT2D eigenvalue weighted by atomic mass is 16.1. The molecule has 1 aromatic rings. The SMILES string of the molecule is CC(CC(=O)NC1CCCCC1C)c1ccc(N)cc1. The third-order valence-electron chi connectivity index (χ3n) is 4.45. The van der Waals surface area contributed by atoms with E-state index in [0.29, 0.717) is 18.4 Å². The fraction of sp³-hybridized carbons (Fsp3) is 0.588. The number of benzene rings is 1. The Morgan fingerprint density at radius 2 is 1.95 bits per heavy atom. The highest BCUT2D eigenvalue weighted by Gasteiger charge is 2.23. The smallest absolute Gasteiger partial charge is 0.220 e. The van der Waals surface area contributed by atoms with Crippen molar-refractivity contribution in [3.63, 3.8) is 0 Å². The van der Waals surface area contributed by atoms with E-state index in [1.807, 2.05) is 24.3 Å². The zero-order chi connectivity index (χ0) is 14.5. The predicted molar refractivity (Wildman–Crippen MR) is 83.4 cm³/mol. The van der Waals surface area contributed by atoms with Gasteiger partial charge in [-0.2, -0.15) is 0 Å². The molecule has 0 saturated heterocycles. The minimum atomic E-state index is 0.174. The van der Waals surface area contributed by atoms with E-state index in [1.165, 1.54) is 24.8 Å². The lowest BCUT2D eigenvalue weighted by Crippen LogP contribution is -2.41. The normalized spacial score (nSPS) is 24.1. The third kappa shape index (κ3) is 3.99. The summed E-state index contributed by atoms with van der Waals surface area (Å²) in [4.78, 5) is 12.2. The van der Waals surface area contributed by atoms with Crippen molar-refractivity contribution in [3.8, 4) is 0 Å². The van der Waals surface area contributed by atoms with Crippen molar-refractivity contribution in [1.82, 2.24) is 5.32 Å². The summed E-state index contributed by atoms with van der Waals surface area (Å²) < 4.78 is 0. The van der Waals surface area contributed by atoms with Crippen LogP contribution in [0.15, 0.2) is 24.3 Å². The number of amides is 1. The average Bonchev–Trinajstić information content (AvgIpc) is 2.42. The number of nitrogen functional groups attached to an aromatic ring is 1. The van der Waals surface area contributed by atoms with Crippen LogP contribution in [-0.4, -0.2) is 11.9 Å². The van der Waals surface area contributed by atoms with Crippen LogP contribution in [-0.2, 0) is 4.79 Å². The van der Waals surface area contributed by atoms with Gasteiger partial charge in [0.2, 0.25) is 5.91 Å². The fourth-order valence-corrected chi connectivity index (χ4v) is 3.02. The van der Waals surface area contributed by atoms with Gasteiger partial charge in [0.25, 0.3) is 0 Å². The number of hydrogen-bond donors (Lipinski definition) is 2. The minimum absolute atomic E-state index is 0.174. The van der Waals surface area contributed by atoms with E-state index in [1.54, 1.807) is 0 Å². The second-order valence-corrected chi connectivity index (χ2v) is 6.21. The molecule has 3 N–H and O–H groups in total. The summed E-state index contributed by atoms with van der Waals surface area (Å²) in [5.41, 5.74) is 7.63. The standard InChI is InChI=1S/C17H26N2O/c1-12-5-3-4-6-16(12)19-17(20)11-13(2)14-7-9-15(18)10-8-14/h7-10,12-13,16H,3-6,11,18H2,1-2H3,(H,19,20). The summed E-state index contributed by atoms with van der Waals surface area (Å²) in [6.45, 7) is 4.34. The zero-order valence-electron chi connectivity index (χ0n) is 12.6. The Morgan fingerprint density at radius 3 is 2.60 bits per heavy atom. The topological polar surface area (TPSA) is 55.1 Å². The Balaban J connectivity index is 1.85. The number of hydrogen-bond acceptors (Lipinski definition) is 2. The minimum Gasteiger partial charge on any atom is -0.399 e. The van der Waals surface area contributed by atoms with Gasteiger partial charge in [0.05, 0.1) is 0 Å². The summed E-state index contributed by atoms with van der Waals surface area (Å²) in [7, 11) is 0. The van der Waals surface area contributed by atoms with Gasteiger partial charge in [0.15, 0.2) is 0 Å². The molecule has 2 rings (SSSR count). The summed E-state index contributed by atoms with van der Waals surface area (Å²) >= 11 is 0. The summed E-state index contributed by atoms with van der Waals surface area (Å²) in [6.07, 6.45) is 5.45. The van der Waals surface area contributed by atoms with Crippen LogP contribution in [0.3, 0.4) is 0 Å². The van der Waals surface area contributed by atoms with E-state index < -0.39 is 0 Å². The first-order valence-corrected chi connectivity index (χ1v) is 7.71. The lowest BCUT2D eigenvalue weighted by molar-refractivity contribution is -0.122. The second-order valence-electron chi connectivity index (χ2n) is 6.21. The van der Waals surface area contributed by atoms with Crippen LogP contribution in [0, 0.1) is 5.92 Å². The van der Waals surface area contributed by atoms with Gasteiger partial charge in [0.1, 0.15) is 0 Å². The van der Waals surface area contributed by atoms with Gasteiger partial charge in [-0.05, 0) is 42.4 Å². The Morgan fingerprint density at radius 1 is 1.30 bits per heavy atom. The molecule has 3 nitrogen and oxygen atoms in total. The average molecular weight is 274 g/mol. The van der Waals surface area contributed by atoms with Gasteiger partial charge < -0.3 is 11.1 Å². The number of carbonyl (C=O) groups is 1. The monoisotopic (exact) mass is 274 g/mol. The van der Waals surface area contributed by atoms with Crippen LogP contribution in [0.4, 0.5) is 5.69 Å². The van der Waals surface area contributed by atoms with Crippen LogP contribution in [0.1, 0.15) is 57.4 Å². The van der Waals surface area contributed by atoms with Crippen molar-refractivity contribution in [2.45, 2.75) is 57.9 Å². The van der Waals surface area contributed by atoms with Crippen molar-refractivity contribution < 1.29 is 4.79 Å². The fourth-order valence-electron chi connectivity index (χ4n) is 3.02. The van der Waals surface area contributed by atoms with Crippen molar-refractivity contribution in [3.05, 3.63) is 29.8 Å². The first kappa shape index (κ1) is 14.9. The molecule has 3 atom stereocenters. The van der Waals surface area contributed by atoms with Crippen LogP contribution in [0.25, 0.3) is 0 Å². The van der Waals surface area contributed by atoms with E-state index in [9.17, 15) is 4.79 Å². The van der Waals surface area contributed by atoms with Gasteiger partial charge in [-0.3, -0.25) is 4.79 Å². The largest absolute Gasteiger partial charge is 0.399 e. The molecule has 0 radical (unpaired) electrons. The molecule has 0 spiro atoms. The summed E-state index contributed by atoms with van der Waals surface area (Å²) in [5.74, 6) is 1.02. The van der Waals surface area contributed by atoms with Crippen molar-refractivity contribution >= 4 is 11.6 Å². The maximum atomic E-state index is 12.2. The van der Waals surface area contributed by atoms with Gasteiger partial charge in [-0.1, -0.05) is 38.8 Å². The van der Waals surface area contributed by atoms with Crippen molar-refractivity contribution in [2.75, 3.05) is 5.73 Å². The highest BCUT2D eigenvalue weighted by molar-refractivity contribution is 5.77. The van der Waals surface area contributed by atoms with Gasteiger partial charge in [-0.15, -0.1) is 0 Å². The lowest BCUT2D eigenvalue weighted by atomic mass is 9.85. The van der Waals surface area contributed by atoms with Gasteiger partial charge in [-0.25, -0.2) is 0 Å². The number of carbonyl (C=O) groups excluding carboxylic acids is 1. The molecule has 0 heterocycles. The van der Waals surface area contributed by atoms with Crippen LogP contribution in [0.2, 0.25) is 0 Å². The Kier molecular flexibility index (Phi) is 5.05. The quantitative estimate of drug-likeness (QED) is 0.826. The molecule has 3 unspecified atom stereocenters. The Labute approximate surface area is 121 Å². The molecule has 0 bridgehead atoms. The van der Waals surface area contributed by atoms with Gasteiger partial charge in [0, 0.05) is 18.2 Å². The van der Waals surface area contributed by atoms with E-state index in [-0.39, 0.29) is 11.8 Å². The molecule has 1 saturated carbocycles. The van der Waals surface area contributed by atoms with Crippen molar-refractivity contribution in [1.29, 1.82) is 0 Å². The molecule has 1 amide bonds. The molecule has 0 aromatic heterocycles. The zero-order valence-corrected chi connectivity index (χ0v) is 12.6. The molecule has 1 fully saturated rings.